The molecule has 0 amide bonds. The van der Waals surface area contributed by atoms with Crippen molar-refractivity contribution in [2.24, 2.45) is 0 Å². The Hall–Kier alpha value is 0.0900. The van der Waals surface area contributed by atoms with Crippen LogP contribution in [0, 0.1) is 4.77 Å². The third kappa shape index (κ3) is 15.0. The Morgan fingerprint density at radius 3 is 1.95 bits per heavy atom. The molecule has 0 aromatic carbocycles. The third-order valence-corrected chi connectivity index (χ3v) is 8.37. The molecular formula is C27H49N3NaO7PS. The molecule has 2 rings (SSSR count). The van der Waals surface area contributed by atoms with Crippen LogP contribution < -0.4 is 40.2 Å². The van der Waals surface area contributed by atoms with Crippen LogP contribution in [0.25, 0.3) is 0 Å². The van der Waals surface area contributed by atoms with Crippen LogP contribution in [0.4, 0.5) is 5.82 Å². The molecule has 10 nitrogen and oxygen atoms in total. The van der Waals surface area contributed by atoms with E-state index in [2.05, 4.69) is 11.9 Å². The molecule has 0 radical (unpaired) electrons. The molecule has 0 bridgehead atoms. The van der Waals surface area contributed by atoms with Gasteiger partial charge < -0.3 is 34.6 Å². The quantitative estimate of drug-likeness (QED) is 0.0770. The van der Waals surface area contributed by atoms with Crippen LogP contribution in [0.1, 0.15) is 116 Å². The number of nitrogens with zero attached hydrogens (tertiary/aromatic N) is 2. The van der Waals surface area contributed by atoms with E-state index < -0.39 is 39.0 Å². The first-order valence-electron chi connectivity index (χ1n) is 14.7. The summed E-state index contributed by atoms with van der Waals surface area (Å²) in [5.74, 6) is 0.206. The van der Waals surface area contributed by atoms with E-state index in [1.54, 1.807) is 0 Å². The summed E-state index contributed by atoms with van der Waals surface area (Å²) in [4.78, 5) is 16.0. The van der Waals surface area contributed by atoms with E-state index in [9.17, 15) is 19.7 Å². The molecule has 0 aliphatic carbocycles. The maximum absolute atomic E-state index is 12.1. The second kappa shape index (κ2) is 21.7. The van der Waals surface area contributed by atoms with Gasteiger partial charge in [-0.05, 0) is 24.7 Å². The summed E-state index contributed by atoms with van der Waals surface area (Å²) < 4.78 is 29.0. The summed E-state index contributed by atoms with van der Waals surface area (Å²) in [5, 5.41) is 20.6. The number of unbranched alkanes of at least 4 members (excludes halogenated alkanes) is 15. The topological polar surface area (TPSA) is 152 Å². The van der Waals surface area contributed by atoms with Gasteiger partial charge in [0.15, 0.2) is 6.23 Å². The van der Waals surface area contributed by atoms with Crippen molar-refractivity contribution in [2.75, 3.05) is 18.9 Å². The number of aliphatic hydroxyl groups is 2. The molecular weight excluding hydrogens is 564 g/mol. The van der Waals surface area contributed by atoms with Crippen LogP contribution in [-0.2, 0) is 18.3 Å². The summed E-state index contributed by atoms with van der Waals surface area (Å²) >= 11 is 5.12. The zero-order valence-corrected chi connectivity index (χ0v) is 28.2. The predicted molar refractivity (Wildman–Crippen MR) is 152 cm³/mol. The molecule has 226 valence electrons. The molecule has 40 heavy (non-hydrogen) atoms. The SMILES string of the molecule is CCCCCCCCCCCCCCCCCCOP(=O)([O-])OC[C@H]1O[C@@H](n2ccc(N)nc2=S)[C@@H](O)[C@@H]1O.[Na+]. The maximum atomic E-state index is 12.1. The third-order valence-electron chi connectivity index (χ3n) is 7.11. The minimum atomic E-state index is -4.57. The number of aliphatic hydroxyl groups excluding tert-OH is 2. The molecule has 1 fully saturated rings. The number of phosphoric acid groups is 1. The van der Waals surface area contributed by atoms with Crippen molar-refractivity contribution in [3.63, 3.8) is 0 Å². The Morgan fingerprint density at radius 1 is 0.950 bits per heavy atom. The number of hydrogen-bond acceptors (Lipinski definition) is 10. The van der Waals surface area contributed by atoms with E-state index in [1.807, 2.05) is 0 Å². The summed E-state index contributed by atoms with van der Waals surface area (Å²) in [6.45, 7) is 1.80. The largest absolute Gasteiger partial charge is 1.00 e. The van der Waals surface area contributed by atoms with Gasteiger partial charge in [0.1, 0.15) is 24.1 Å². The predicted octanol–water partition coefficient (Wildman–Crippen LogP) is 2.58. The molecule has 0 saturated carbocycles. The Labute approximate surface area is 267 Å². The van der Waals surface area contributed by atoms with E-state index in [4.69, 9.17) is 31.7 Å². The molecule has 1 aromatic heterocycles. The molecule has 1 aliphatic rings. The second-order valence-corrected chi connectivity index (χ2v) is 12.2. The van der Waals surface area contributed by atoms with Crippen LogP contribution >= 0.6 is 20.0 Å². The minimum absolute atomic E-state index is 0. The molecule has 5 atom stereocenters. The zero-order chi connectivity index (χ0) is 28.5. The van der Waals surface area contributed by atoms with E-state index in [0.717, 1.165) is 19.3 Å². The minimum Gasteiger partial charge on any atom is -0.756 e. The smallest absolute Gasteiger partial charge is 0.756 e. The average Bonchev–Trinajstić information content (AvgIpc) is 3.18. The van der Waals surface area contributed by atoms with Crippen molar-refractivity contribution in [3.8, 4) is 0 Å². The van der Waals surface area contributed by atoms with E-state index in [-0.39, 0.29) is 46.8 Å². The van der Waals surface area contributed by atoms with Crippen LogP contribution in [0.2, 0.25) is 0 Å². The normalized spacial score (nSPS) is 22.2. The molecule has 1 aromatic rings. The molecule has 0 spiro atoms. The molecule has 1 unspecified atom stereocenters. The number of ether oxygens (including phenoxy) is 1. The van der Waals surface area contributed by atoms with Crippen LogP contribution in [-0.4, -0.2) is 51.3 Å². The second-order valence-electron chi connectivity index (χ2n) is 10.5. The number of aromatic nitrogens is 2. The van der Waals surface area contributed by atoms with Gasteiger partial charge in [0, 0.05) is 6.20 Å². The van der Waals surface area contributed by atoms with Crippen molar-refractivity contribution < 1.29 is 63.0 Å². The first-order valence-corrected chi connectivity index (χ1v) is 16.6. The van der Waals surface area contributed by atoms with E-state index >= 15 is 0 Å². The Morgan fingerprint density at radius 2 is 1.45 bits per heavy atom. The fourth-order valence-corrected chi connectivity index (χ4v) is 5.77. The van der Waals surface area contributed by atoms with Gasteiger partial charge in [0.25, 0.3) is 7.82 Å². The van der Waals surface area contributed by atoms with Gasteiger partial charge in [-0.1, -0.05) is 103 Å². The number of rotatable bonds is 22. The Balaban J connectivity index is 0.00000800. The van der Waals surface area contributed by atoms with Crippen molar-refractivity contribution in [1.82, 2.24) is 9.55 Å². The zero-order valence-electron chi connectivity index (χ0n) is 24.5. The van der Waals surface area contributed by atoms with Gasteiger partial charge >= 0.3 is 29.6 Å². The standard InChI is InChI=1S/C27H50N3O7PS.Na/c1-2-3-4-5-6-7-8-9-10-11-12-13-14-15-16-17-20-35-38(33,34)36-21-22-24(31)25(32)26(37-22)30-19-18-23(28)29-27(30)39;/h18-19,22,24-26,31-32H,2-17,20-21H2,1H3,(H,33,34)(H2,28,29,39);/q;+1/p-1/t22-,24-,25+,26-;/m1./s1. The van der Waals surface area contributed by atoms with Gasteiger partial charge in [-0.2, -0.15) is 0 Å². The number of phosphoric ester groups is 1. The van der Waals surface area contributed by atoms with Crippen LogP contribution in [0.3, 0.4) is 0 Å². The molecule has 1 saturated heterocycles. The number of nitrogen functional groups attached to an aromatic ring is 1. The van der Waals surface area contributed by atoms with Crippen molar-refractivity contribution in [1.29, 1.82) is 0 Å². The van der Waals surface area contributed by atoms with E-state index in [1.165, 1.54) is 93.9 Å². The molecule has 1 aliphatic heterocycles. The molecule has 2 heterocycles. The molecule has 13 heteroatoms. The van der Waals surface area contributed by atoms with Gasteiger partial charge in [-0.25, -0.2) is 4.98 Å². The first kappa shape index (κ1) is 38.1. The van der Waals surface area contributed by atoms with Crippen LogP contribution in [0.15, 0.2) is 12.3 Å². The summed E-state index contributed by atoms with van der Waals surface area (Å²) in [5.41, 5.74) is 5.59. The fourth-order valence-electron chi connectivity index (χ4n) is 4.74. The van der Waals surface area contributed by atoms with Gasteiger partial charge in [0.2, 0.25) is 4.77 Å². The average molecular weight is 614 g/mol. The van der Waals surface area contributed by atoms with Gasteiger partial charge in [0.05, 0.1) is 13.2 Å². The fraction of sp³-hybridized carbons (Fsp3) is 0.852. The Bertz CT molecular complexity index is 913. The monoisotopic (exact) mass is 613 g/mol. The summed E-state index contributed by atoms with van der Waals surface area (Å²) in [7, 11) is -4.57. The number of anilines is 1. The van der Waals surface area contributed by atoms with E-state index in [0.29, 0.717) is 6.42 Å². The van der Waals surface area contributed by atoms with Crippen molar-refractivity contribution in [2.45, 2.75) is 134 Å². The van der Waals surface area contributed by atoms with Gasteiger partial charge in [-0.15, -0.1) is 0 Å². The summed E-state index contributed by atoms with van der Waals surface area (Å²) in [6, 6.07) is 1.47. The van der Waals surface area contributed by atoms with Crippen molar-refractivity contribution >= 4 is 25.9 Å². The first-order chi connectivity index (χ1) is 18.7. The molecule has 4 N–H and O–H groups in total. The number of nitrogens with two attached hydrogens (primary N) is 1. The number of hydrogen-bond donors (Lipinski definition) is 3. The summed E-state index contributed by atoms with van der Waals surface area (Å²) in [6.07, 6.45) is 16.4. The van der Waals surface area contributed by atoms with Crippen LogP contribution in [0.5, 0.6) is 0 Å². The van der Waals surface area contributed by atoms with Gasteiger partial charge in [-0.3, -0.25) is 9.13 Å². The van der Waals surface area contributed by atoms with Crippen molar-refractivity contribution in [3.05, 3.63) is 17.0 Å². The Kier molecular flexibility index (Phi) is 20.7. The maximum Gasteiger partial charge on any atom is 1.00 e.